The summed E-state index contributed by atoms with van der Waals surface area (Å²) in [6.07, 6.45) is 3.41. The zero-order chi connectivity index (χ0) is 12.1. The van der Waals surface area contributed by atoms with E-state index >= 15 is 0 Å². The van der Waals surface area contributed by atoms with Gasteiger partial charge in [-0.3, -0.25) is 0 Å². The number of ether oxygens (including phenoxy) is 1. The van der Waals surface area contributed by atoms with E-state index < -0.39 is 9.84 Å². The highest BCUT2D eigenvalue weighted by molar-refractivity contribution is 7.91. The molecule has 0 aromatic carbocycles. The van der Waals surface area contributed by atoms with E-state index in [0.29, 0.717) is 16.9 Å². The minimum atomic E-state index is -2.73. The molecule has 1 spiro atoms. The van der Waals surface area contributed by atoms with E-state index in [4.69, 9.17) is 4.74 Å². The van der Waals surface area contributed by atoms with E-state index in [1.54, 1.807) is 7.11 Å². The molecule has 3 rings (SSSR count). The topological polar surface area (TPSA) is 46.6 Å². The summed E-state index contributed by atoms with van der Waals surface area (Å²) in [6.45, 7) is 3.92. The Bertz CT molecular complexity index is 407. The maximum atomic E-state index is 11.5. The Hall–Kier alpha value is -0.130. The second-order valence-corrected chi connectivity index (χ2v) is 8.60. The number of hydrogen-bond donors (Lipinski definition) is 0. The van der Waals surface area contributed by atoms with Crippen LogP contribution in [0.3, 0.4) is 0 Å². The molecule has 17 heavy (non-hydrogen) atoms. The lowest BCUT2D eigenvalue weighted by atomic mass is 9.79. The maximum absolute atomic E-state index is 11.5. The lowest BCUT2D eigenvalue weighted by Crippen LogP contribution is -2.58. The van der Waals surface area contributed by atoms with Gasteiger partial charge in [-0.25, -0.2) is 8.42 Å². The molecule has 3 aliphatic rings. The maximum Gasteiger partial charge on any atom is 0.150 e. The van der Waals surface area contributed by atoms with Crippen molar-refractivity contribution in [1.29, 1.82) is 0 Å². The molecule has 0 N–H and O–H groups in total. The SMILES string of the molecule is COCC1(CN2CC3(CCS(=O)(=O)C3)C2)CC1. The zero-order valence-corrected chi connectivity index (χ0v) is 11.3. The minimum absolute atomic E-state index is 0.113. The molecule has 2 saturated heterocycles. The number of hydrogen-bond acceptors (Lipinski definition) is 4. The van der Waals surface area contributed by atoms with E-state index in [0.717, 1.165) is 32.7 Å². The third-order valence-electron chi connectivity index (χ3n) is 4.55. The monoisotopic (exact) mass is 259 g/mol. The molecule has 0 radical (unpaired) electrons. The fraction of sp³-hybridized carbons (Fsp3) is 1.00. The Morgan fingerprint density at radius 2 is 1.94 bits per heavy atom. The lowest BCUT2D eigenvalue weighted by molar-refractivity contribution is -0.00669. The number of methoxy groups -OCH3 is 1. The normalized spacial score (nSPS) is 32.5. The summed E-state index contributed by atoms with van der Waals surface area (Å²) in [7, 11) is -0.963. The molecule has 2 heterocycles. The van der Waals surface area contributed by atoms with Gasteiger partial charge in [-0.1, -0.05) is 0 Å². The van der Waals surface area contributed by atoms with Crippen LogP contribution in [0.5, 0.6) is 0 Å². The number of sulfone groups is 1. The smallest absolute Gasteiger partial charge is 0.150 e. The van der Waals surface area contributed by atoms with E-state index in [-0.39, 0.29) is 5.41 Å². The van der Waals surface area contributed by atoms with E-state index in [2.05, 4.69) is 4.90 Å². The fourth-order valence-electron chi connectivity index (χ4n) is 3.55. The summed E-state index contributed by atoms with van der Waals surface area (Å²) in [5.74, 6) is 0.831. The number of nitrogens with zero attached hydrogens (tertiary/aromatic N) is 1. The van der Waals surface area contributed by atoms with Crippen molar-refractivity contribution in [2.45, 2.75) is 19.3 Å². The fourth-order valence-corrected chi connectivity index (χ4v) is 5.70. The molecule has 4 nitrogen and oxygen atoms in total. The predicted molar refractivity (Wildman–Crippen MR) is 65.7 cm³/mol. The Morgan fingerprint density at radius 3 is 2.41 bits per heavy atom. The minimum Gasteiger partial charge on any atom is -0.384 e. The first-order chi connectivity index (χ1) is 7.97. The van der Waals surface area contributed by atoms with Gasteiger partial charge in [0.1, 0.15) is 0 Å². The molecule has 0 atom stereocenters. The second-order valence-electron chi connectivity index (χ2n) is 6.42. The molecule has 1 saturated carbocycles. The van der Waals surface area contributed by atoms with Crippen LogP contribution in [-0.2, 0) is 14.6 Å². The summed E-state index contributed by atoms with van der Waals surface area (Å²) in [5, 5.41) is 0. The Morgan fingerprint density at radius 1 is 1.24 bits per heavy atom. The highest BCUT2D eigenvalue weighted by Gasteiger charge is 2.53. The Kier molecular flexibility index (Phi) is 2.58. The molecule has 5 heteroatoms. The predicted octanol–water partition coefficient (Wildman–Crippen LogP) is 0.533. The number of likely N-dealkylation sites (tertiary alicyclic amines) is 1. The van der Waals surface area contributed by atoms with Crippen molar-refractivity contribution in [3.05, 3.63) is 0 Å². The molecule has 0 aromatic heterocycles. The van der Waals surface area contributed by atoms with Gasteiger partial charge in [0.25, 0.3) is 0 Å². The average molecular weight is 259 g/mol. The largest absolute Gasteiger partial charge is 0.384 e. The Balaban J connectivity index is 1.52. The van der Waals surface area contributed by atoms with Crippen LogP contribution in [0.1, 0.15) is 19.3 Å². The zero-order valence-electron chi connectivity index (χ0n) is 10.4. The van der Waals surface area contributed by atoms with E-state index in [1.165, 1.54) is 12.8 Å². The van der Waals surface area contributed by atoms with Gasteiger partial charge in [-0.15, -0.1) is 0 Å². The molecule has 0 aromatic rings. The molecule has 98 valence electrons. The van der Waals surface area contributed by atoms with Gasteiger partial charge in [-0.05, 0) is 19.3 Å². The van der Waals surface area contributed by atoms with Crippen molar-refractivity contribution in [2.24, 2.45) is 10.8 Å². The molecule has 2 aliphatic heterocycles. The first-order valence-electron chi connectivity index (χ1n) is 6.38. The van der Waals surface area contributed by atoms with Crippen molar-refractivity contribution in [1.82, 2.24) is 4.90 Å². The summed E-state index contributed by atoms with van der Waals surface area (Å²) in [6, 6.07) is 0. The van der Waals surface area contributed by atoms with Crippen LogP contribution >= 0.6 is 0 Å². The van der Waals surface area contributed by atoms with Gasteiger partial charge in [-0.2, -0.15) is 0 Å². The highest BCUT2D eigenvalue weighted by Crippen LogP contribution is 2.49. The summed E-state index contributed by atoms with van der Waals surface area (Å²) in [4.78, 5) is 2.42. The average Bonchev–Trinajstić information content (AvgIpc) is 2.84. The van der Waals surface area contributed by atoms with Crippen LogP contribution < -0.4 is 0 Å². The van der Waals surface area contributed by atoms with Crippen molar-refractivity contribution in [2.75, 3.05) is 44.9 Å². The van der Waals surface area contributed by atoms with Crippen molar-refractivity contribution in [3.63, 3.8) is 0 Å². The summed E-state index contributed by atoms with van der Waals surface area (Å²) >= 11 is 0. The lowest BCUT2D eigenvalue weighted by Gasteiger charge is -2.48. The van der Waals surface area contributed by atoms with E-state index in [9.17, 15) is 8.42 Å². The van der Waals surface area contributed by atoms with Crippen LogP contribution in [0.25, 0.3) is 0 Å². The summed E-state index contributed by atoms with van der Waals surface area (Å²) in [5.41, 5.74) is 0.510. The quantitative estimate of drug-likeness (QED) is 0.739. The highest BCUT2D eigenvalue weighted by atomic mass is 32.2. The molecular weight excluding hydrogens is 238 g/mol. The van der Waals surface area contributed by atoms with Crippen LogP contribution in [0.15, 0.2) is 0 Å². The van der Waals surface area contributed by atoms with Crippen molar-refractivity contribution < 1.29 is 13.2 Å². The first kappa shape index (κ1) is 11.9. The van der Waals surface area contributed by atoms with Gasteiger partial charge in [0.2, 0.25) is 0 Å². The second kappa shape index (κ2) is 3.68. The van der Waals surface area contributed by atoms with Crippen LogP contribution in [0.4, 0.5) is 0 Å². The van der Waals surface area contributed by atoms with Crippen LogP contribution in [0, 0.1) is 10.8 Å². The number of rotatable bonds is 4. The van der Waals surface area contributed by atoms with Gasteiger partial charge in [0.05, 0.1) is 18.1 Å². The Labute approximate surface area is 103 Å². The molecule has 0 unspecified atom stereocenters. The third kappa shape index (κ3) is 2.25. The van der Waals surface area contributed by atoms with E-state index in [1.807, 2.05) is 0 Å². The molecule has 3 fully saturated rings. The van der Waals surface area contributed by atoms with Crippen molar-refractivity contribution >= 4 is 9.84 Å². The van der Waals surface area contributed by atoms with Gasteiger partial charge in [0, 0.05) is 37.6 Å². The van der Waals surface area contributed by atoms with Crippen LogP contribution in [0.2, 0.25) is 0 Å². The van der Waals surface area contributed by atoms with Gasteiger partial charge < -0.3 is 9.64 Å². The van der Waals surface area contributed by atoms with Crippen molar-refractivity contribution in [3.8, 4) is 0 Å². The molecular formula is C12H21NO3S. The first-order valence-corrected chi connectivity index (χ1v) is 8.21. The summed E-state index contributed by atoms with van der Waals surface area (Å²) < 4.78 is 28.3. The molecule has 0 amide bonds. The third-order valence-corrected chi connectivity index (χ3v) is 6.43. The standard InChI is InChI=1S/C12H21NO3S/c1-16-9-11(2-3-11)6-13-7-12(8-13)4-5-17(14,15)10-12/h2-10H2,1H3. The molecule has 1 aliphatic carbocycles. The van der Waals surface area contributed by atoms with Gasteiger partial charge in [0.15, 0.2) is 9.84 Å². The van der Waals surface area contributed by atoms with Gasteiger partial charge >= 0.3 is 0 Å². The molecule has 0 bridgehead atoms. The van der Waals surface area contributed by atoms with Crippen LogP contribution in [-0.4, -0.2) is 58.2 Å².